The predicted octanol–water partition coefficient (Wildman–Crippen LogP) is 4.47. The Kier molecular flexibility index (Phi) is 7.11. The molecule has 0 aromatic heterocycles. The monoisotopic (exact) mass is 466 g/mol. The zero-order chi connectivity index (χ0) is 24.0. The summed E-state index contributed by atoms with van der Waals surface area (Å²) in [5.74, 6) is -1.22. The van der Waals surface area contributed by atoms with Crippen molar-refractivity contribution in [3.8, 4) is 17.2 Å². The summed E-state index contributed by atoms with van der Waals surface area (Å²) in [4.78, 5) is 23.3. The third-order valence-electron chi connectivity index (χ3n) is 4.20. The van der Waals surface area contributed by atoms with E-state index in [-0.39, 0.29) is 6.61 Å². The molecule has 2 aromatic rings. The second-order valence-corrected chi connectivity index (χ2v) is 6.52. The fraction of sp³-hybridized carbons (Fsp3) is 0.182. The topological polar surface area (TPSA) is 101 Å². The number of phenols is 1. The molecule has 0 bridgehead atoms. The molecule has 8 nitrogen and oxygen atoms in total. The molecule has 1 heterocycles. The maximum absolute atomic E-state index is 12.8. The minimum absolute atomic E-state index is 0.218. The summed E-state index contributed by atoms with van der Waals surface area (Å²) in [7, 11) is 1.24. The van der Waals surface area contributed by atoms with E-state index in [1.54, 1.807) is 24.3 Å². The van der Waals surface area contributed by atoms with Crippen LogP contribution in [-0.2, 0) is 31.8 Å². The number of hydrogen-bond donors (Lipinski definition) is 1. The maximum atomic E-state index is 12.8. The van der Waals surface area contributed by atoms with Crippen LogP contribution in [0.4, 0.5) is 18.0 Å². The van der Waals surface area contributed by atoms with E-state index in [9.17, 15) is 27.9 Å². The zero-order valence-corrected chi connectivity index (χ0v) is 17.0. The molecule has 1 unspecified atom stereocenters. The number of alkyl halides is 3. The largest absolute Gasteiger partial charge is 0.514 e. The van der Waals surface area contributed by atoms with Crippen LogP contribution in [0.2, 0.25) is 0 Å². The van der Waals surface area contributed by atoms with Crippen LogP contribution in [0.25, 0.3) is 0 Å². The normalized spacial score (nSPS) is 15.2. The smallest absolute Gasteiger partial charge is 0.507 e. The third-order valence-corrected chi connectivity index (χ3v) is 4.20. The van der Waals surface area contributed by atoms with Crippen LogP contribution in [0.3, 0.4) is 0 Å². The Balaban J connectivity index is 1.53. The first-order chi connectivity index (χ1) is 15.7. The Labute approximate surface area is 185 Å². The van der Waals surface area contributed by atoms with Crippen LogP contribution >= 0.6 is 0 Å². The number of aromatic hydroxyl groups is 1. The number of ether oxygens (including phenoxy) is 5. The summed E-state index contributed by atoms with van der Waals surface area (Å²) in [6.07, 6.45) is -2.70. The summed E-state index contributed by atoms with van der Waals surface area (Å²) in [6.45, 7) is -0.218. The Bertz CT molecular complexity index is 1070. The third kappa shape index (κ3) is 6.42. The molecule has 0 radical (unpaired) electrons. The molecule has 3 rings (SSSR count). The van der Waals surface area contributed by atoms with E-state index in [2.05, 4.69) is 4.74 Å². The van der Waals surface area contributed by atoms with Crippen LogP contribution in [0.5, 0.6) is 17.2 Å². The highest BCUT2D eigenvalue weighted by Gasteiger charge is 2.34. The molecule has 33 heavy (non-hydrogen) atoms. The highest BCUT2D eigenvalue weighted by Crippen LogP contribution is 2.37. The number of phenolic OH excluding ortho intramolecular Hbond substituents is 1. The first kappa shape index (κ1) is 23.5. The lowest BCUT2D eigenvalue weighted by Gasteiger charge is -2.16. The van der Waals surface area contributed by atoms with Crippen molar-refractivity contribution in [2.45, 2.75) is 18.9 Å². The van der Waals surface area contributed by atoms with Crippen molar-refractivity contribution >= 4 is 12.1 Å². The minimum atomic E-state index is -4.81. The number of esters is 1. The Hall–Kier alpha value is -4.15. The highest BCUT2D eigenvalue weighted by atomic mass is 19.4. The van der Waals surface area contributed by atoms with Gasteiger partial charge < -0.3 is 28.8 Å². The molecule has 0 fully saturated rings. The summed E-state index contributed by atoms with van der Waals surface area (Å²) < 4.78 is 63.4. The summed E-state index contributed by atoms with van der Waals surface area (Å²) in [5, 5.41) is 9.30. The highest BCUT2D eigenvalue weighted by molar-refractivity contribution is 5.77. The number of methoxy groups -OCH3 is 1. The van der Waals surface area contributed by atoms with Crippen LogP contribution in [0, 0.1) is 0 Å². The molecule has 0 spiro atoms. The van der Waals surface area contributed by atoms with Gasteiger partial charge >= 0.3 is 18.3 Å². The lowest BCUT2D eigenvalue weighted by Crippen LogP contribution is -2.24. The van der Waals surface area contributed by atoms with Gasteiger partial charge in [0, 0.05) is 12.2 Å². The van der Waals surface area contributed by atoms with Crippen LogP contribution < -0.4 is 9.47 Å². The molecule has 11 heteroatoms. The van der Waals surface area contributed by atoms with E-state index in [4.69, 9.17) is 18.9 Å². The van der Waals surface area contributed by atoms with E-state index in [0.29, 0.717) is 23.1 Å². The molecule has 0 saturated carbocycles. The van der Waals surface area contributed by atoms with Crippen molar-refractivity contribution in [3.63, 3.8) is 0 Å². The van der Waals surface area contributed by atoms with Crippen molar-refractivity contribution in [1.82, 2.24) is 0 Å². The number of benzene rings is 2. The molecule has 0 amide bonds. The predicted molar refractivity (Wildman–Crippen MR) is 105 cm³/mol. The quantitative estimate of drug-likeness (QED) is 0.492. The summed E-state index contributed by atoms with van der Waals surface area (Å²) in [6, 6.07) is 8.60. The first-order valence-electron chi connectivity index (χ1n) is 9.29. The van der Waals surface area contributed by atoms with Crippen LogP contribution in [0.15, 0.2) is 66.6 Å². The van der Waals surface area contributed by atoms with Gasteiger partial charge in [-0.05, 0) is 35.9 Å². The Morgan fingerprint density at radius 1 is 1.09 bits per heavy atom. The van der Waals surface area contributed by atoms with Gasteiger partial charge in [0.2, 0.25) is 6.10 Å². The van der Waals surface area contributed by atoms with Gasteiger partial charge in [-0.2, -0.15) is 13.2 Å². The maximum Gasteiger partial charge on any atom is 0.514 e. The number of rotatable bonds is 6. The standard InChI is InChI=1S/C22H17F3O8/c1-29-20(27)19-11-16(8-9-30-19)32-14-4-2-13(3-5-14)12-31-21(28)33-15-6-7-18(26)17(10-15)22(23,24)25/h2-11,19,26H,12H2,1H3. The van der Waals surface area contributed by atoms with Gasteiger partial charge in [-0.15, -0.1) is 0 Å². The number of hydrogen-bond acceptors (Lipinski definition) is 8. The molecule has 1 N–H and O–H groups in total. The zero-order valence-electron chi connectivity index (χ0n) is 17.0. The molecule has 0 saturated heterocycles. The average Bonchev–Trinajstić information content (AvgIpc) is 2.79. The summed E-state index contributed by atoms with van der Waals surface area (Å²) >= 11 is 0. The van der Waals surface area contributed by atoms with Crippen molar-refractivity contribution in [2.75, 3.05) is 7.11 Å². The summed E-state index contributed by atoms with van der Waals surface area (Å²) in [5.41, 5.74) is -0.791. The molecular weight excluding hydrogens is 449 g/mol. The number of carbonyl (C=O) groups is 2. The van der Waals surface area contributed by atoms with E-state index in [0.717, 1.165) is 12.1 Å². The fourth-order valence-corrected chi connectivity index (χ4v) is 2.61. The van der Waals surface area contributed by atoms with Gasteiger partial charge in [0.15, 0.2) is 0 Å². The van der Waals surface area contributed by atoms with Gasteiger partial charge in [-0.1, -0.05) is 12.1 Å². The Morgan fingerprint density at radius 2 is 1.79 bits per heavy atom. The first-order valence-corrected chi connectivity index (χ1v) is 9.29. The number of carbonyl (C=O) groups excluding carboxylic acids is 2. The van der Waals surface area contributed by atoms with Gasteiger partial charge in [0.1, 0.15) is 35.2 Å². The van der Waals surface area contributed by atoms with Gasteiger partial charge in [-0.25, -0.2) is 9.59 Å². The number of halogens is 3. The van der Waals surface area contributed by atoms with E-state index >= 15 is 0 Å². The molecule has 0 aliphatic carbocycles. The molecule has 174 valence electrons. The molecule has 1 aliphatic rings. The van der Waals surface area contributed by atoms with Crippen molar-refractivity contribution in [1.29, 1.82) is 0 Å². The SMILES string of the molecule is COC(=O)C1C=C(Oc2ccc(COC(=O)Oc3ccc(O)c(C(F)(F)F)c3)cc2)C=CO1. The van der Waals surface area contributed by atoms with Crippen LogP contribution in [0.1, 0.15) is 11.1 Å². The Morgan fingerprint density at radius 3 is 2.45 bits per heavy atom. The van der Waals surface area contributed by atoms with Gasteiger partial charge in [0.05, 0.1) is 13.4 Å². The van der Waals surface area contributed by atoms with Crippen molar-refractivity contribution in [3.05, 3.63) is 77.8 Å². The lowest BCUT2D eigenvalue weighted by molar-refractivity contribution is -0.148. The van der Waals surface area contributed by atoms with E-state index in [1.165, 1.54) is 25.5 Å². The molecule has 2 aromatic carbocycles. The second-order valence-electron chi connectivity index (χ2n) is 6.52. The number of allylic oxidation sites excluding steroid dienone is 1. The average molecular weight is 466 g/mol. The minimum Gasteiger partial charge on any atom is -0.507 e. The van der Waals surface area contributed by atoms with Gasteiger partial charge in [0.25, 0.3) is 0 Å². The second kappa shape index (κ2) is 9.98. The van der Waals surface area contributed by atoms with E-state index in [1.807, 2.05) is 0 Å². The van der Waals surface area contributed by atoms with Crippen LogP contribution in [-0.4, -0.2) is 30.4 Å². The fourth-order valence-electron chi connectivity index (χ4n) is 2.61. The van der Waals surface area contributed by atoms with Gasteiger partial charge in [-0.3, -0.25) is 0 Å². The molecule has 1 atom stereocenters. The lowest BCUT2D eigenvalue weighted by atomic mass is 10.2. The van der Waals surface area contributed by atoms with E-state index < -0.39 is 41.5 Å². The molecule has 1 aliphatic heterocycles. The molecular formula is C22H17F3O8. The van der Waals surface area contributed by atoms with Crippen molar-refractivity contribution in [2.24, 2.45) is 0 Å². The van der Waals surface area contributed by atoms with Crippen molar-refractivity contribution < 1.29 is 51.6 Å².